The third-order valence-electron chi connectivity index (χ3n) is 1.04. The summed E-state index contributed by atoms with van der Waals surface area (Å²) >= 11 is 0. The molecule has 0 aromatic rings. The van der Waals surface area contributed by atoms with Gasteiger partial charge in [-0.05, 0) is 0 Å². The van der Waals surface area contributed by atoms with Crippen LogP contribution in [0.3, 0.4) is 0 Å². The maximum absolute atomic E-state index is 10.2. The third-order valence-corrected chi connectivity index (χ3v) is 1.82. The molecular weight excluding hydrogens is 183 g/mol. The fourth-order valence-corrected chi connectivity index (χ4v) is 1.29. The van der Waals surface area contributed by atoms with Crippen LogP contribution in [0.5, 0.6) is 0 Å². The van der Waals surface area contributed by atoms with Crippen molar-refractivity contribution in [3.63, 3.8) is 0 Å². The molecule has 12 heavy (non-hydrogen) atoms. The van der Waals surface area contributed by atoms with Gasteiger partial charge in [0.1, 0.15) is 6.61 Å². The van der Waals surface area contributed by atoms with Gasteiger partial charge in [0.2, 0.25) is 0 Å². The van der Waals surface area contributed by atoms with Gasteiger partial charge in [-0.25, -0.2) is 13.2 Å². The van der Waals surface area contributed by atoms with E-state index in [0.717, 1.165) is 0 Å². The first-order valence-corrected chi connectivity index (χ1v) is 4.32. The predicted molar refractivity (Wildman–Crippen MR) is 30.8 cm³/mol. The first-order valence-electron chi connectivity index (χ1n) is 2.74. The van der Waals surface area contributed by atoms with Crippen molar-refractivity contribution in [2.45, 2.75) is 6.10 Å². The fraction of sp³-hybridized carbons (Fsp3) is 0.750. The molecule has 0 spiro atoms. The zero-order valence-corrected chi connectivity index (χ0v) is 7.17. The van der Waals surface area contributed by atoms with Gasteiger partial charge in [0.25, 0.3) is 0 Å². The first-order chi connectivity index (χ1) is 4.97. The number of hydrogen-bond acceptors (Lipinski definition) is 6. The molecule has 0 aromatic carbocycles. The van der Waals surface area contributed by atoms with Gasteiger partial charge in [-0.2, -0.15) is 0 Å². The summed E-state index contributed by atoms with van der Waals surface area (Å²) in [4.78, 5) is 10.2. The average Bonchev–Trinajstić information content (AvgIpc) is 2.10. The van der Waals surface area contributed by atoms with E-state index in [1.54, 1.807) is 0 Å². The topological polar surface area (TPSA) is 92.7 Å². The molecule has 0 N–H and O–H groups in total. The van der Waals surface area contributed by atoms with Crippen molar-refractivity contribution in [2.75, 3.05) is 12.4 Å². The second-order valence-corrected chi connectivity index (χ2v) is 3.47. The molecule has 1 aliphatic rings. The number of carbonyl (C=O) groups is 1. The molecule has 1 fully saturated rings. The van der Waals surface area contributed by atoms with Crippen LogP contribution in [-0.4, -0.2) is 37.6 Å². The van der Waals surface area contributed by atoms with E-state index < -0.39 is 28.1 Å². The van der Waals surface area contributed by atoms with Crippen molar-refractivity contribution in [3.05, 3.63) is 0 Å². The van der Waals surface area contributed by atoms with E-state index in [9.17, 15) is 17.8 Å². The summed E-state index contributed by atoms with van der Waals surface area (Å²) in [5.41, 5.74) is 0. The van der Waals surface area contributed by atoms with Gasteiger partial charge < -0.3 is 14.0 Å². The molecule has 64 valence electrons. The Morgan fingerprint density at radius 2 is 2.17 bits per heavy atom. The van der Waals surface area contributed by atoms with E-state index in [4.69, 9.17) is 0 Å². The van der Waals surface area contributed by atoms with E-state index in [1.807, 2.05) is 0 Å². The SMILES string of the molecule is O=C1OCC(CS(=O)(=O)[O-])O1.[Li+]. The van der Waals surface area contributed by atoms with Crippen molar-refractivity contribution < 1.29 is 46.1 Å². The quantitative estimate of drug-likeness (QED) is 0.249. The zero-order chi connectivity index (χ0) is 8.48. The summed E-state index contributed by atoms with van der Waals surface area (Å²) in [6, 6.07) is 0. The molecule has 8 heteroatoms. The van der Waals surface area contributed by atoms with Crippen molar-refractivity contribution in [3.8, 4) is 0 Å². The Bertz CT molecular complexity index is 259. The van der Waals surface area contributed by atoms with Gasteiger partial charge in [-0.3, -0.25) is 0 Å². The Balaban J connectivity index is 0.00000121. The van der Waals surface area contributed by atoms with Crippen LogP contribution >= 0.6 is 0 Å². The van der Waals surface area contributed by atoms with Crippen molar-refractivity contribution in [1.82, 2.24) is 0 Å². The van der Waals surface area contributed by atoms with Crippen LogP contribution in [0.1, 0.15) is 0 Å². The van der Waals surface area contributed by atoms with Gasteiger partial charge >= 0.3 is 25.0 Å². The summed E-state index contributed by atoms with van der Waals surface area (Å²) in [6.07, 6.45) is -1.87. The maximum atomic E-state index is 10.2. The molecule has 6 nitrogen and oxygen atoms in total. The number of rotatable bonds is 2. The van der Waals surface area contributed by atoms with Crippen LogP contribution < -0.4 is 18.9 Å². The monoisotopic (exact) mass is 188 g/mol. The van der Waals surface area contributed by atoms with Gasteiger partial charge in [-0.1, -0.05) is 0 Å². The molecule has 0 amide bonds. The normalized spacial score (nSPS) is 22.4. The van der Waals surface area contributed by atoms with E-state index in [2.05, 4.69) is 9.47 Å². The smallest absolute Gasteiger partial charge is 0.748 e. The Kier molecular flexibility index (Phi) is 4.06. The maximum Gasteiger partial charge on any atom is 1.00 e. The van der Waals surface area contributed by atoms with Crippen LogP contribution in [0.25, 0.3) is 0 Å². The summed E-state index contributed by atoms with van der Waals surface area (Å²) < 4.78 is 38.8. The predicted octanol–water partition coefficient (Wildman–Crippen LogP) is -3.93. The van der Waals surface area contributed by atoms with Gasteiger partial charge in [0.15, 0.2) is 6.10 Å². The first kappa shape index (κ1) is 11.8. The average molecular weight is 188 g/mol. The molecule has 0 aromatic heterocycles. The largest absolute Gasteiger partial charge is 1.00 e. The second-order valence-electron chi connectivity index (χ2n) is 2.03. The molecule has 1 unspecified atom stereocenters. The van der Waals surface area contributed by atoms with E-state index >= 15 is 0 Å². The Morgan fingerprint density at radius 1 is 1.58 bits per heavy atom. The summed E-state index contributed by atoms with van der Waals surface area (Å²) in [6.45, 7) is -0.166. The van der Waals surface area contributed by atoms with Crippen LogP contribution in [0.15, 0.2) is 0 Å². The van der Waals surface area contributed by atoms with E-state index in [1.165, 1.54) is 0 Å². The fourth-order valence-electron chi connectivity index (χ4n) is 0.675. The minimum absolute atomic E-state index is 0. The Hall–Kier alpha value is -0.223. The van der Waals surface area contributed by atoms with Crippen LogP contribution in [0.2, 0.25) is 0 Å². The van der Waals surface area contributed by atoms with Gasteiger partial charge in [-0.15, -0.1) is 0 Å². The van der Waals surface area contributed by atoms with Gasteiger partial charge in [0.05, 0.1) is 15.9 Å². The molecular formula is C4H5LiO6S. The van der Waals surface area contributed by atoms with E-state index in [0.29, 0.717) is 0 Å². The molecule has 0 saturated carbocycles. The van der Waals surface area contributed by atoms with Crippen molar-refractivity contribution in [2.24, 2.45) is 0 Å². The molecule has 0 radical (unpaired) electrons. The van der Waals surface area contributed by atoms with Crippen molar-refractivity contribution in [1.29, 1.82) is 0 Å². The van der Waals surface area contributed by atoms with Crippen LogP contribution in [-0.2, 0) is 19.6 Å². The number of cyclic esters (lactones) is 2. The van der Waals surface area contributed by atoms with E-state index in [-0.39, 0.29) is 25.5 Å². The van der Waals surface area contributed by atoms with Crippen molar-refractivity contribution >= 4 is 16.3 Å². The molecule has 1 aliphatic heterocycles. The number of ether oxygens (including phenoxy) is 2. The number of carbonyl (C=O) groups excluding carboxylic acids is 1. The Morgan fingerprint density at radius 3 is 2.50 bits per heavy atom. The van der Waals surface area contributed by atoms with Crippen LogP contribution in [0.4, 0.5) is 4.79 Å². The molecule has 0 aliphatic carbocycles. The molecule has 1 saturated heterocycles. The summed E-state index contributed by atoms with van der Waals surface area (Å²) in [5.74, 6) is -0.723. The minimum Gasteiger partial charge on any atom is -0.748 e. The molecule has 0 bridgehead atoms. The summed E-state index contributed by atoms with van der Waals surface area (Å²) in [5, 5.41) is 0. The summed E-state index contributed by atoms with van der Waals surface area (Å²) in [7, 11) is -4.34. The third kappa shape index (κ3) is 3.97. The Labute approximate surface area is 81.1 Å². The minimum atomic E-state index is -4.34. The molecule has 1 atom stereocenters. The molecule has 1 rings (SSSR count). The number of hydrogen-bond donors (Lipinski definition) is 0. The van der Waals surface area contributed by atoms with Crippen LogP contribution in [0, 0.1) is 0 Å². The second kappa shape index (κ2) is 4.14. The van der Waals surface area contributed by atoms with Gasteiger partial charge in [0, 0.05) is 0 Å². The standard InChI is InChI=1S/C4H6O6S.Li/c5-4-9-1-3(10-4)2-11(6,7)8;/h3H,1-2H2,(H,6,7,8);/q;+1/p-1. The molecule has 1 heterocycles. The zero-order valence-electron chi connectivity index (χ0n) is 6.35.